The molecule has 0 aromatic heterocycles. The van der Waals surface area contributed by atoms with Crippen molar-refractivity contribution in [2.75, 3.05) is 11.9 Å². The summed E-state index contributed by atoms with van der Waals surface area (Å²) in [4.78, 5) is 10.2. The molecule has 6 heteroatoms. The van der Waals surface area contributed by atoms with Gasteiger partial charge >= 0.3 is 0 Å². The summed E-state index contributed by atoms with van der Waals surface area (Å²) in [6.07, 6.45) is 1.41. The molecule has 0 amide bonds. The van der Waals surface area contributed by atoms with E-state index in [4.69, 9.17) is 5.26 Å². The molecule has 1 aromatic carbocycles. The predicted molar refractivity (Wildman–Crippen MR) is 71.8 cm³/mol. The number of nitrogens with zero attached hydrogens (tertiary/aromatic N) is 2. The van der Waals surface area contributed by atoms with Gasteiger partial charge in [0.05, 0.1) is 17.1 Å². The van der Waals surface area contributed by atoms with Gasteiger partial charge in [-0.05, 0) is 25.0 Å². The Morgan fingerprint density at radius 2 is 2.11 bits per heavy atom. The van der Waals surface area contributed by atoms with E-state index >= 15 is 0 Å². The maximum Gasteiger partial charge on any atom is 0.287 e. The Kier molecular flexibility index (Phi) is 4.84. The molecule has 0 bridgehead atoms. The molecule has 2 N–H and O–H groups in total. The molecule has 0 unspecified atom stereocenters. The number of hydrogen-bond donors (Lipinski definition) is 2. The van der Waals surface area contributed by atoms with Gasteiger partial charge in [0.2, 0.25) is 0 Å². The number of anilines is 1. The molecule has 0 aliphatic rings. The van der Waals surface area contributed by atoms with Crippen LogP contribution in [0.5, 0.6) is 0 Å². The third kappa shape index (κ3) is 3.20. The summed E-state index contributed by atoms with van der Waals surface area (Å²) in [5.41, 5.74) is -0.0762. The van der Waals surface area contributed by atoms with Crippen molar-refractivity contribution >= 4 is 11.4 Å². The number of nitriles is 1. The molecule has 0 radical (unpaired) electrons. The summed E-state index contributed by atoms with van der Waals surface area (Å²) in [6.45, 7) is 3.85. The van der Waals surface area contributed by atoms with Crippen molar-refractivity contribution in [2.24, 2.45) is 0 Å². The monoisotopic (exact) mass is 263 g/mol. The Labute approximate surface area is 111 Å². The third-order valence-electron chi connectivity index (χ3n) is 3.38. The standard InChI is InChI=1S/C13H17N3O3/c1-3-13(4-2,9-17)15-11-5-6-12(16(18)19)10(7-11)8-14/h5-7,15,17H,3-4,9H2,1-2H3. The molecular weight excluding hydrogens is 246 g/mol. The van der Waals surface area contributed by atoms with E-state index in [9.17, 15) is 15.2 Å². The lowest BCUT2D eigenvalue weighted by molar-refractivity contribution is -0.385. The lowest BCUT2D eigenvalue weighted by atomic mass is 9.93. The van der Waals surface area contributed by atoms with Crippen LogP contribution >= 0.6 is 0 Å². The van der Waals surface area contributed by atoms with Crippen LogP contribution in [-0.4, -0.2) is 22.2 Å². The van der Waals surface area contributed by atoms with Crippen LogP contribution in [-0.2, 0) is 0 Å². The van der Waals surface area contributed by atoms with Gasteiger partial charge in [-0.3, -0.25) is 10.1 Å². The average Bonchev–Trinajstić information content (AvgIpc) is 2.44. The van der Waals surface area contributed by atoms with E-state index in [1.54, 1.807) is 6.07 Å². The van der Waals surface area contributed by atoms with Gasteiger partial charge in [-0.1, -0.05) is 13.8 Å². The first-order valence-corrected chi connectivity index (χ1v) is 6.09. The Hall–Kier alpha value is -2.13. The minimum absolute atomic E-state index is 0.00838. The fraction of sp³-hybridized carbons (Fsp3) is 0.462. The molecule has 0 heterocycles. The van der Waals surface area contributed by atoms with Crippen LogP contribution in [0, 0.1) is 21.4 Å². The number of aliphatic hydroxyl groups excluding tert-OH is 1. The molecule has 102 valence electrons. The van der Waals surface area contributed by atoms with Crippen molar-refractivity contribution < 1.29 is 10.0 Å². The second kappa shape index (κ2) is 6.16. The molecule has 0 aliphatic carbocycles. The van der Waals surface area contributed by atoms with Crippen molar-refractivity contribution in [3.63, 3.8) is 0 Å². The largest absolute Gasteiger partial charge is 0.394 e. The van der Waals surface area contributed by atoms with Crippen LogP contribution in [0.4, 0.5) is 11.4 Å². The molecular formula is C13H17N3O3. The maximum absolute atomic E-state index is 10.7. The third-order valence-corrected chi connectivity index (χ3v) is 3.38. The van der Waals surface area contributed by atoms with Gasteiger partial charge in [0.15, 0.2) is 0 Å². The van der Waals surface area contributed by atoms with Gasteiger partial charge in [-0.25, -0.2) is 0 Å². The highest BCUT2D eigenvalue weighted by Gasteiger charge is 2.25. The number of aliphatic hydroxyl groups is 1. The molecule has 19 heavy (non-hydrogen) atoms. The molecule has 0 saturated carbocycles. The number of nitro benzene ring substituents is 1. The number of hydrogen-bond acceptors (Lipinski definition) is 5. The molecule has 6 nitrogen and oxygen atoms in total. The number of benzene rings is 1. The highest BCUT2D eigenvalue weighted by molar-refractivity contribution is 5.59. The Morgan fingerprint density at radius 3 is 2.53 bits per heavy atom. The van der Waals surface area contributed by atoms with Gasteiger partial charge in [-0.2, -0.15) is 5.26 Å². The smallest absolute Gasteiger partial charge is 0.287 e. The summed E-state index contributed by atoms with van der Waals surface area (Å²) in [5.74, 6) is 0. The van der Waals surface area contributed by atoms with E-state index in [1.807, 2.05) is 19.9 Å². The summed E-state index contributed by atoms with van der Waals surface area (Å²) in [5, 5.41) is 32.3. The molecule has 1 rings (SSSR count). The summed E-state index contributed by atoms with van der Waals surface area (Å²) in [7, 11) is 0. The Morgan fingerprint density at radius 1 is 1.47 bits per heavy atom. The van der Waals surface area contributed by atoms with E-state index in [2.05, 4.69) is 5.32 Å². The first kappa shape index (κ1) is 14.9. The van der Waals surface area contributed by atoms with Crippen LogP contribution in [0.15, 0.2) is 18.2 Å². The van der Waals surface area contributed by atoms with Crippen molar-refractivity contribution in [3.05, 3.63) is 33.9 Å². The van der Waals surface area contributed by atoms with Crippen LogP contribution in [0.1, 0.15) is 32.3 Å². The zero-order valence-corrected chi connectivity index (χ0v) is 11.0. The lowest BCUT2D eigenvalue weighted by Crippen LogP contribution is -2.40. The molecule has 0 aliphatic heterocycles. The zero-order chi connectivity index (χ0) is 14.5. The van der Waals surface area contributed by atoms with E-state index < -0.39 is 10.5 Å². The Bertz CT molecular complexity index is 496. The van der Waals surface area contributed by atoms with Crippen LogP contribution in [0.2, 0.25) is 0 Å². The quantitative estimate of drug-likeness (QED) is 0.606. The van der Waals surface area contributed by atoms with Crippen LogP contribution < -0.4 is 5.32 Å². The van der Waals surface area contributed by atoms with Gasteiger partial charge in [0.25, 0.3) is 5.69 Å². The number of nitro groups is 1. The Balaban J connectivity index is 3.11. The van der Waals surface area contributed by atoms with E-state index in [1.165, 1.54) is 12.1 Å². The molecule has 0 spiro atoms. The molecule has 1 aromatic rings. The molecule has 0 fully saturated rings. The zero-order valence-electron chi connectivity index (χ0n) is 11.0. The predicted octanol–water partition coefficient (Wildman–Crippen LogP) is 2.43. The second-order valence-electron chi connectivity index (χ2n) is 4.37. The van der Waals surface area contributed by atoms with Crippen molar-refractivity contribution in [1.29, 1.82) is 5.26 Å². The van der Waals surface area contributed by atoms with Gasteiger partial charge in [0.1, 0.15) is 11.6 Å². The fourth-order valence-electron chi connectivity index (χ4n) is 1.86. The average molecular weight is 263 g/mol. The highest BCUT2D eigenvalue weighted by Crippen LogP contribution is 2.26. The van der Waals surface area contributed by atoms with Gasteiger partial charge < -0.3 is 10.4 Å². The summed E-state index contributed by atoms with van der Waals surface area (Å²) in [6, 6.07) is 6.10. The maximum atomic E-state index is 10.7. The van der Waals surface area contributed by atoms with Crippen LogP contribution in [0.25, 0.3) is 0 Å². The SMILES string of the molecule is CCC(CC)(CO)Nc1ccc([N+](=O)[O-])c(C#N)c1. The van der Waals surface area contributed by atoms with Crippen LogP contribution in [0.3, 0.4) is 0 Å². The first-order valence-electron chi connectivity index (χ1n) is 6.09. The topological polar surface area (TPSA) is 99.2 Å². The minimum atomic E-state index is -0.582. The fourth-order valence-corrected chi connectivity index (χ4v) is 1.86. The number of rotatable bonds is 6. The number of nitrogens with one attached hydrogen (secondary N) is 1. The lowest BCUT2D eigenvalue weighted by Gasteiger charge is -2.32. The second-order valence-corrected chi connectivity index (χ2v) is 4.37. The van der Waals surface area contributed by atoms with Crippen molar-refractivity contribution in [1.82, 2.24) is 0 Å². The summed E-state index contributed by atoms with van der Waals surface area (Å²) >= 11 is 0. The first-order chi connectivity index (χ1) is 9.01. The van der Waals surface area contributed by atoms with Crippen molar-refractivity contribution in [3.8, 4) is 6.07 Å². The molecule has 0 saturated heterocycles. The van der Waals surface area contributed by atoms with E-state index in [0.29, 0.717) is 18.5 Å². The normalized spacial score (nSPS) is 10.8. The van der Waals surface area contributed by atoms with E-state index in [-0.39, 0.29) is 17.9 Å². The minimum Gasteiger partial charge on any atom is -0.394 e. The van der Waals surface area contributed by atoms with Gasteiger partial charge in [-0.15, -0.1) is 0 Å². The summed E-state index contributed by atoms with van der Waals surface area (Å²) < 4.78 is 0. The molecule has 0 atom stereocenters. The highest BCUT2D eigenvalue weighted by atomic mass is 16.6. The van der Waals surface area contributed by atoms with Gasteiger partial charge in [0, 0.05) is 11.8 Å². The van der Waals surface area contributed by atoms with Crippen molar-refractivity contribution in [2.45, 2.75) is 32.2 Å². The van der Waals surface area contributed by atoms with E-state index in [0.717, 1.165) is 0 Å².